The molecule has 98 valence electrons. The summed E-state index contributed by atoms with van der Waals surface area (Å²) in [5.41, 5.74) is 2.22. The summed E-state index contributed by atoms with van der Waals surface area (Å²) in [5, 5.41) is 4.23. The van der Waals surface area contributed by atoms with Crippen LogP contribution in [0.3, 0.4) is 0 Å². The van der Waals surface area contributed by atoms with Crippen LogP contribution >= 0.6 is 27.5 Å². The predicted molar refractivity (Wildman–Crippen MR) is 82.1 cm³/mol. The van der Waals surface area contributed by atoms with Crippen LogP contribution < -0.4 is 10.1 Å². The van der Waals surface area contributed by atoms with Gasteiger partial charge in [0.05, 0.1) is 17.7 Å². The van der Waals surface area contributed by atoms with E-state index < -0.39 is 0 Å². The van der Waals surface area contributed by atoms with Crippen LogP contribution in [0.4, 0.5) is 5.69 Å². The number of halogens is 2. The zero-order valence-electron chi connectivity index (χ0n) is 10.2. The molecule has 0 aliphatic carbocycles. The molecule has 19 heavy (non-hydrogen) atoms. The van der Waals surface area contributed by atoms with Gasteiger partial charge in [0, 0.05) is 22.1 Å². The van der Waals surface area contributed by atoms with E-state index in [1.807, 2.05) is 36.4 Å². The normalized spacial score (nSPS) is 17.5. The third kappa shape index (κ3) is 2.72. The molecule has 0 amide bonds. The Kier molecular flexibility index (Phi) is 3.67. The molecular weight excluding hydrogens is 326 g/mol. The summed E-state index contributed by atoms with van der Waals surface area (Å²) >= 11 is 9.52. The number of nitrogens with one attached hydrogen (secondary N) is 1. The van der Waals surface area contributed by atoms with E-state index in [1.54, 1.807) is 0 Å². The summed E-state index contributed by atoms with van der Waals surface area (Å²) in [4.78, 5) is 0. The highest BCUT2D eigenvalue weighted by Crippen LogP contribution is 2.35. The largest absolute Gasteiger partial charge is 0.493 e. The Morgan fingerprint density at radius 2 is 2.05 bits per heavy atom. The van der Waals surface area contributed by atoms with Gasteiger partial charge in [0.15, 0.2) is 0 Å². The average molecular weight is 339 g/mol. The van der Waals surface area contributed by atoms with E-state index in [9.17, 15) is 0 Å². The van der Waals surface area contributed by atoms with Crippen molar-refractivity contribution in [1.82, 2.24) is 0 Å². The summed E-state index contributed by atoms with van der Waals surface area (Å²) in [6.07, 6.45) is 0.949. The molecule has 3 rings (SSSR count). The highest BCUT2D eigenvalue weighted by molar-refractivity contribution is 9.10. The van der Waals surface area contributed by atoms with Crippen molar-refractivity contribution >= 4 is 33.2 Å². The molecule has 0 fully saturated rings. The summed E-state index contributed by atoms with van der Waals surface area (Å²) < 4.78 is 6.57. The van der Waals surface area contributed by atoms with E-state index in [0.29, 0.717) is 5.02 Å². The van der Waals surface area contributed by atoms with Crippen LogP contribution in [0.5, 0.6) is 5.75 Å². The third-order valence-corrected chi connectivity index (χ3v) is 4.45. The maximum atomic E-state index is 6.12. The molecule has 4 heteroatoms. The number of hydrogen-bond acceptors (Lipinski definition) is 2. The molecular formula is C15H13BrClNO. The quantitative estimate of drug-likeness (QED) is 0.828. The van der Waals surface area contributed by atoms with Crippen LogP contribution in [0, 0.1) is 0 Å². The fourth-order valence-electron chi connectivity index (χ4n) is 2.28. The Hall–Kier alpha value is -1.19. The zero-order valence-corrected chi connectivity index (χ0v) is 12.5. The Labute approximate surface area is 125 Å². The van der Waals surface area contributed by atoms with Gasteiger partial charge < -0.3 is 10.1 Å². The summed E-state index contributed by atoms with van der Waals surface area (Å²) in [7, 11) is 0. The second-order valence-electron chi connectivity index (χ2n) is 4.50. The summed E-state index contributed by atoms with van der Waals surface area (Å²) in [5.74, 6) is 0.967. The first-order valence-corrected chi connectivity index (χ1v) is 7.34. The van der Waals surface area contributed by atoms with Crippen molar-refractivity contribution in [2.75, 3.05) is 11.9 Å². The van der Waals surface area contributed by atoms with Crippen LogP contribution in [0.1, 0.15) is 18.0 Å². The lowest BCUT2D eigenvalue weighted by Gasteiger charge is -2.27. The van der Waals surface area contributed by atoms with Gasteiger partial charge >= 0.3 is 0 Å². The number of fused-ring (bicyclic) bond motifs is 1. The number of benzene rings is 2. The topological polar surface area (TPSA) is 21.3 Å². The molecule has 1 atom stereocenters. The monoisotopic (exact) mass is 337 g/mol. The average Bonchev–Trinajstić information content (AvgIpc) is 2.43. The number of ether oxygens (including phenoxy) is 1. The molecule has 1 aliphatic heterocycles. The van der Waals surface area contributed by atoms with Crippen molar-refractivity contribution in [3.8, 4) is 5.75 Å². The van der Waals surface area contributed by atoms with E-state index in [1.165, 1.54) is 5.56 Å². The molecule has 0 radical (unpaired) electrons. The van der Waals surface area contributed by atoms with Crippen molar-refractivity contribution < 1.29 is 4.74 Å². The molecule has 1 N–H and O–H groups in total. The lowest BCUT2D eigenvalue weighted by Crippen LogP contribution is -2.20. The number of rotatable bonds is 2. The fourth-order valence-corrected chi connectivity index (χ4v) is 2.71. The lowest BCUT2D eigenvalue weighted by atomic mass is 10.0. The van der Waals surface area contributed by atoms with E-state index >= 15 is 0 Å². The molecule has 1 unspecified atom stereocenters. The van der Waals surface area contributed by atoms with Crippen LogP contribution in [-0.2, 0) is 0 Å². The molecule has 0 spiro atoms. The summed E-state index contributed by atoms with van der Waals surface area (Å²) in [6, 6.07) is 14.3. The SMILES string of the molecule is Clc1cc(NC2CCOc3ccccc32)ccc1Br. The predicted octanol–water partition coefficient (Wildman–Crippen LogP) is 5.04. The first-order valence-electron chi connectivity index (χ1n) is 6.17. The minimum Gasteiger partial charge on any atom is -0.493 e. The molecule has 1 aliphatic rings. The van der Waals surface area contributed by atoms with Gasteiger partial charge in [-0.05, 0) is 40.2 Å². The van der Waals surface area contributed by atoms with Crippen molar-refractivity contribution in [2.45, 2.75) is 12.5 Å². The Morgan fingerprint density at radius 1 is 1.21 bits per heavy atom. The molecule has 2 aromatic rings. The Morgan fingerprint density at radius 3 is 2.89 bits per heavy atom. The van der Waals surface area contributed by atoms with E-state index in [4.69, 9.17) is 16.3 Å². The van der Waals surface area contributed by atoms with E-state index in [0.717, 1.165) is 28.9 Å². The molecule has 2 nitrogen and oxygen atoms in total. The van der Waals surface area contributed by atoms with Crippen LogP contribution in [0.15, 0.2) is 46.9 Å². The highest BCUT2D eigenvalue weighted by Gasteiger charge is 2.20. The second-order valence-corrected chi connectivity index (χ2v) is 5.76. The van der Waals surface area contributed by atoms with Crippen molar-refractivity contribution in [1.29, 1.82) is 0 Å². The molecule has 0 saturated carbocycles. The van der Waals surface area contributed by atoms with Crippen molar-refractivity contribution in [2.24, 2.45) is 0 Å². The number of anilines is 1. The maximum Gasteiger partial charge on any atom is 0.124 e. The highest BCUT2D eigenvalue weighted by atomic mass is 79.9. The fraction of sp³-hybridized carbons (Fsp3) is 0.200. The number of hydrogen-bond donors (Lipinski definition) is 1. The molecule has 0 bridgehead atoms. The van der Waals surface area contributed by atoms with Gasteiger partial charge in [-0.3, -0.25) is 0 Å². The Balaban J connectivity index is 1.86. The minimum absolute atomic E-state index is 0.266. The molecule has 1 heterocycles. The number of para-hydroxylation sites is 1. The lowest BCUT2D eigenvalue weighted by molar-refractivity contribution is 0.274. The van der Waals surface area contributed by atoms with Gasteiger partial charge in [-0.15, -0.1) is 0 Å². The van der Waals surface area contributed by atoms with Gasteiger partial charge in [-0.25, -0.2) is 0 Å². The first kappa shape index (κ1) is 12.8. The first-order chi connectivity index (χ1) is 9.24. The third-order valence-electron chi connectivity index (χ3n) is 3.22. The summed E-state index contributed by atoms with van der Waals surface area (Å²) in [6.45, 7) is 0.735. The van der Waals surface area contributed by atoms with Gasteiger partial charge in [0.2, 0.25) is 0 Å². The standard InChI is InChI=1S/C15H13BrClNO/c16-12-6-5-10(9-13(12)17)18-14-7-8-19-15-4-2-1-3-11(14)15/h1-6,9,14,18H,7-8H2. The van der Waals surface area contributed by atoms with Gasteiger partial charge in [0.1, 0.15) is 5.75 Å². The second kappa shape index (κ2) is 5.43. The van der Waals surface area contributed by atoms with Crippen LogP contribution in [-0.4, -0.2) is 6.61 Å². The van der Waals surface area contributed by atoms with Gasteiger partial charge in [0.25, 0.3) is 0 Å². The van der Waals surface area contributed by atoms with Gasteiger partial charge in [-0.1, -0.05) is 29.8 Å². The van der Waals surface area contributed by atoms with Crippen molar-refractivity contribution in [3.05, 3.63) is 57.5 Å². The van der Waals surface area contributed by atoms with Crippen LogP contribution in [0.25, 0.3) is 0 Å². The Bertz CT molecular complexity index is 602. The molecule has 2 aromatic carbocycles. The van der Waals surface area contributed by atoms with Gasteiger partial charge in [-0.2, -0.15) is 0 Å². The minimum atomic E-state index is 0.266. The maximum absolute atomic E-state index is 6.12. The van der Waals surface area contributed by atoms with Crippen molar-refractivity contribution in [3.63, 3.8) is 0 Å². The van der Waals surface area contributed by atoms with Crippen LogP contribution in [0.2, 0.25) is 5.02 Å². The smallest absolute Gasteiger partial charge is 0.124 e. The zero-order chi connectivity index (χ0) is 13.2. The molecule has 0 saturated heterocycles. The molecule has 0 aromatic heterocycles. The van der Waals surface area contributed by atoms with E-state index in [2.05, 4.69) is 27.3 Å². The van der Waals surface area contributed by atoms with E-state index in [-0.39, 0.29) is 6.04 Å².